The van der Waals surface area contributed by atoms with Crippen LogP contribution in [0.2, 0.25) is 5.02 Å². The first-order valence-electron chi connectivity index (χ1n) is 5.61. The molecule has 0 amide bonds. The number of carbonyl (C=O) groups excluding carboxylic acids is 1. The molecule has 0 fully saturated rings. The minimum atomic E-state index is -0.245. The van der Waals surface area contributed by atoms with Gasteiger partial charge in [0.25, 0.3) is 0 Å². The van der Waals surface area contributed by atoms with Crippen LogP contribution in [0.25, 0.3) is 0 Å². The number of thiocarbonyl (C=S) groups is 1. The summed E-state index contributed by atoms with van der Waals surface area (Å²) in [6.07, 6.45) is 1.87. The van der Waals surface area contributed by atoms with Gasteiger partial charge in [0.1, 0.15) is 0 Å². The third-order valence-corrected chi connectivity index (χ3v) is 3.67. The van der Waals surface area contributed by atoms with Crippen LogP contribution in [0.15, 0.2) is 28.2 Å². The Kier molecular flexibility index (Phi) is 7.35. The van der Waals surface area contributed by atoms with Crippen molar-refractivity contribution in [3.8, 4) is 0 Å². The molecule has 0 spiro atoms. The minimum absolute atomic E-state index is 0.0770. The molecule has 0 unspecified atom stereocenters. The Labute approximate surface area is 131 Å². The third-order valence-electron chi connectivity index (χ3n) is 2.17. The van der Waals surface area contributed by atoms with Crippen LogP contribution >= 0.6 is 35.6 Å². The fourth-order valence-corrected chi connectivity index (χ4v) is 2.59. The fourth-order valence-electron chi connectivity index (χ4n) is 1.28. The highest BCUT2D eigenvalue weighted by Crippen LogP contribution is 2.27. The van der Waals surface area contributed by atoms with Gasteiger partial charge >= 0.3 is 5.97 Å². The second kappa shape index (κ2) is 8.78. The van der Waals surface area contributed by atoms with Crippen molar-refractivity contribution >= 4 is 52.9 Å². The van der Waals surface area contributed by atoms with Gasteiger partial charge in [-0.05, 0) is 24.4 Å². The second-order valence-corrected chi connectivity index (χ2v) is 5.54. The molecule has 0 atom stereocenters. The molecule has 8 heteroatoms. The normalized spacial score (nSPS) is 10.5. The van der Waals surface area contributed by atoms with Crippen LogP contribution in [0.3, 0.4) is 0 Å². The van der Waals surface area contributed by atoms with Crippen LogP contribution < -0.4 is 11.2 Å². The number of methoxy groups -OCH3 is 1. The molecule has 1 aromatic carbocycles. The number of nitrogens with one attached hydrogen (secondary N) is 1. The molecule has 0 radical (unpaired) electrons. The van der Waals surface area contributed by atoms with E-state index < -0.39 is 0 Å². The Morgan fingerprint density at radius 1 is 1.65 bits per heavy atom. The maximum Gasteiger partial charge on any atom is 0.306 e. The molecule has 108 valence electrons. The van der Waals surface area contributed by atoms with Crippen LogP contribution in [0.1, 0.15) is 12.0 Å². The van der Waals surface area contributed by atoms with Crippen molar-refractivity contribution < 1.29 is 9.53 Å². The standard InChI is InChI=1S/C12H14ClN3O2S2/c1-18-11(17)5-6-20-10-4-2-3-9(13)8(10)7-15-16-12(14)19/h2-4,7H,5-6H2,1H3,(H3,14,16,19). The van der Waals surface area contributed by atoms with Crippen LogP contribution in [-0.4, -0.2) is 30.2 Å². The highest BCUT2D eigenvalue weighted by atomic mass is 35.5. The smallest absolute Gasteiger partial charge is 0.306 e. The summed E-state index contributed by atoms with van der Waals surface area (Å²) in [5.41, 5.74) is 8.49. The number of ether oxygens (including phenoxy) is 1. The maximum atomic E-state index is 11.1. The third kappa shape index (κ3) is 5.77. The Bertz CT molecular complexity index is 523. The molecule has 0 heterocycles. The molecule has 0 aromatic heterocycles. The number of rotatable bonds is 6. The summed E-state index contributed by atoms with van der Waals surface area (Å²) in [5.74, 6) is 0.348. The lowest BCUT2D eigenvalue weighted by Crippen LogP contribution is -2.24. The number of hydrogen-bond acceptors (Lipinski definition) is 5. The molecule has 0 aliphatic heterocycles. The topological polar surface area (TPSA) is 76.7 Å². The minimum Gasteiger partial charge on any atom is -0.469 e. The summed E-state index contributed by atoms with van der Waals surface area (Å²) >= 11 is 12.3. The van der Waals surface area contributed by atoms with E-state index in [1.165, 1.54) is 18.9 Å². The van der Waals surface area contributed by atoms with Gasteiger partial charge in [0.05, 0.1) is 24.8 Å². The van der Waals surface area contributed by atoms with E-state index in [1.807, 2.05) is 12.1 Å². The predicted molar refractivity (Wildman–Crippen MR) is 86.3 cm³/mol. The summed E-state index contributed by atoms with van der Waals surface area (Å²) in [7, 11) is 1.37. The Hall–Kier alpha value is -1.31. The molecule has 20 heavy (non-hydrogen) atoms. The largest absolute Gasteiger partial charge is 0.469 e. The average Bonchev–Trinajstić information content (AvgIpc) is 2.41. The van der Waals surface area contributed by atoms with Gasteiger partial charge in [0, 0.05) is 16.2 Å². The number of hydrogen-bond donors (Lipinski definition) is 2. The lowest BCUT2D eigenvalue weighted by Gasteiger charge is -2.07. The zero-order chi connectivity index (χ0) is 15.0. The van der Waals surface area contributed by atoms with Crippen molar-refractivity contribution in [3.05, 3.63) is 28.8 Å². The number of nitrogens with two attached hydrogens (primary N) is 1. The molecule has 0 aliphatic rings. The van der Waals surface area contributed by atoms with E-state index in [4.69, 9.17) is 17.3 Å². The first kappa shape index (κ1) is 16.7. The van der Waals surface area contributed by atoms with Crippen LogP contribution in [0.4, 0.5) is 0 Å². The number of hydrazone groups is 1. The molecular formula is C12H14ClN3O2S2. The molecule has 0 saturated carbocycles. The van der Waals surface area contributed by atoms with Gasteiger partial charge in [0.2, 0.25) is 0 Å². The van der Waals surface area contributed by atoms with Gasteiger partial charge < -0.3 is 10.5 Å². The quantitative estimate of drug-likeness (QED) is 0.273. The van der Waals surface area contributed by atoms with Crippen molar-refractivity contribution in [1.29, 1.82) is 0 Å². The summed E-state index contributed by atoms with van der Waals surface area (Å²) in [6.45, 7) is 0. The molecule has 3 N–H and O–H groups in total. The maximum absolute atomic E-state index is 11.1. The zero-order valence-electron chi connectivity index (χ0n) is 10.8. The molecule has 1 aromatic rings. The van der Waals surface area contributed by atoms with E-state index >= 15 is 0 Å². The van der Waals surface area contributed by atoms with E-state index in [9.17, 15) is 4.79 Å². The summed E-state index contributed by atoms with van der Waals surface area (Å²) in [4.78, 5) is 12.0. The summed E-state index contributed by atoms with van der Waals surface area (Å²) in [5, 5.41) is 4.53. The molecule has 0 saturated heterocycles. The van der Waals surface area contributed by atoms with E-state index in [0.717, 1.165) is 10.5 Å². The fraction of sp³-hybridized carbons (Fsp3) is 0.250. The molecule has 0 bridgehead atoms. The van der Waals surface area contributed by atoms with Crippen molar-refractivity contribution in [3.63, 3.8) is 0 Å². The Balaban J connectivity index is 2.74. The molecule has 0 aliphatic carbocycles. The van der Waals surface area contributed by atoms with Crippen molar-refractivity contribution in [1.82, 2.24) is 5.43 Å². The lowest BCUT2D eigenvalue weighted by molar-refractivity contribution is -0.140. The number of halogens is 1. The van der Waals surface area contributed by atoms with Gasteiger partial charge in [-0.3, -0.25) is 10.2 Å². The second-order valence-electron chi connectivity index (χ2n) is 3.56. The van der Waals surface area contributed by atoms with Gasteiger partial charge in [0.15, 0.2) is 5.11 Å². The van der Waals surface area contributed by atoms with E-state index in [0.29, 0.717) is 17.2 Å². The highest BCUT2D eigenvalue weighted by molar-refractivity contribution is 7.99. The van der Waals surface area contributed by atoms with Crippen LogP contribution in [-0.2, 0) is 9.53 Å². The van der Waals surface area contributed by atoms with Gasteiger partial charge in [-0.15, -0.1) is 11.8 Å². The van der Waals surface area contributed by atoms with Gasteiger partial charge in [-0.25, -0.2) is 0 Å². The number of benzene rings is 1. The first-order chi connectivity index (χ1) is 9.54. The number of carbonyl (C=O) groups is 1. The zero-order valence-corrected chi connectivity index (χ0v) is 13.1. The first-order valence-corrected chi connectivity index (χ1v) is 7.38. The predicted octanol–water partition coefficient (Wildman–Crippen LogP) is 2.16. The Morgan fingerprint density at radius 2 is 2.40 bits per heavy atom. The van der Waals surface area contributed by atoms with Gasteiger partial charge in [-0.2, -0.15) is 5.10 Å². The molecular weight excluding hydrogens is 318 g/mol. The van der Waals surface area contributed by atoms with Crippen LogP contribution in [0, 0.1) is 0 Å². The van der Waals surface area contributed by atoms with Gasteiger partial charge in [-0.1, -0.05) is 17.7 Å². The molecule has 5 nitrogen and oxygen atoms in total. The van der Waals surface area contributed by atoms with E-state index in [-0.39, 0.29) is 11.1 Å². The lowest BCUT2D eigenvalue weighted by atomic mass is 10.2. The number of thioether (sulfide) groups is 1. The van der Waals surface area contributed by atoms with Crippen molar-refractivity contribution in [2.75, 3.05) is 12.9 Å². The SMILES string of the molecule is COC(=O)CCSc1cccc(Cl)c1C=NNC(N)=S. The van der Waals surface area contributed by atoms with E-state index in [1.54, 1.807) is 12.3 Å². The van der Waals surface area contributed by atoms with E-state index in [2.05, 4.69) is 27.5 Å². The molecule has 1 rings (SSSR count). The number of nitrogens with zero attached hydrogens (tertiary/aromatic N) is 1. The monoisotopic (exact) mass is 331 g/mol. The van der Waals surface area contributed by atoms with Crippen LogP contribution in [0.5, 0.6) is 0 Å². The summed E-state index contributed by atoms with van der Waals surface area (Å²) < 4.78 is 4.59. The van der Waals surface area contributed by atoms with Crippen molar-refractivity contribution in [2.24, 2.45) is 10.8 Å². The number of esters is 1. The highest BCUT2D eigenvalue weighted by Gasteiger charge is 2.07. The van der Waals surface area contributed by atoms with Crippen molar-refractivity contribution in [2.45, 2.75) is 11.3 Å². The summed E-state index contributed by atoms with van der Waals surface area (Å²) in [6, 6.07) is 5.49. The Morgan fingerprint density at radius 3 is 3.05 bits per heavy atom. The average molecular weight is 332 g/mol.